The molecule has 2 aromatic carbocycles. The van der Waals surface area contributed by atoms with Gasteiger partial charge in [-0.2, -0.15) is 4.80 Å². The first kappa shape index (κ1) is 18.1. The molecule has 134 valence electrons. The van der Waals surface area contributed by atoms with Gasteiger partial charge in [0.15, 0.2) is 0 Å². The van der Waals surface area contributed by atoms with E-state index in [1.165, 1.54) is 4.80 Å². The SMILES string of the molecule is COc1ccc(CNC(=O)C(C)n2nnc(-c3ccc(Br)cc3)n2)cc1. The van der Waals surface area contributed by atoms with E-state index >= 15 is 0 Å². The van der Waals surface area contributed by atoms with Gasteiger partial charge < -0.3 is 10.1 Å². The van der Waals surface area contributed by atoms with Gasteiger partial charge >= 0.3 is 0 Å². The van der Waals surface area contributed by atoms with Crippen molar-refractivity contribution in [2.75, 3.05) is 7.11 Å². The molecule has 1 heterocycles. The Labute approximate surface area is 159 Å². The molecule has 3 rings (SSSR count). The van der Waals surface area contributed by atoms with Crippen LogP contribution in [0, 0.1) is 0 Å². The minimum absolute atomic E-state index is 0.180. The number of nitrogens with zero attached hydrogens (tertiary/aromatic N) is 4. The molecule has 0 saturated heterocycles. The number of tetrazole rings is 1. The lowest BCUT2D eigenvalue weighted by molar-refractivity contribution is -0.124. The van der Waals surface area contributed by atoms with E-state index in [0.29, 0.717) is 12.4 Å². The minimum Gasteiger partial charge on any atom is -0.497 e. The Morgan fingerprint density at radius 3 is 2.54 bits per heavy atom. The summed E-state index contributed by atoms with van der Waals surface area (Å²) in [7, 11) is 1.62. The maximum atomic E-state index is 12.4. The van der Waals surface area contributed by atoms with Crippen molar-refractivity contribution < 1.29 is 9.53 Å². The number of carbonyl (C=O) groups is 1. The van der Waals surface area contributed by atoms with E-state index in [1.54, 1.807) is 14.0 Å². The molecule has 0 spiro atoms. The third-order valence-electron chi connectivity index (χ3n) is 3.88. The third-order valence-corrected chi connectivity index (χ3v) is 4.41. The zero-order valence-corrected chi connectivity index (χ0v) is 16.0. The molecule has 26 heavy (non-hydrogen) atoms. The Morgan fingerprint density at radius 1 is 1.19 bits per heavy atom. The summed E-state index contributed by atoms with van der Waals surface area (Å²) in [6.45, 7) is 2.15. The van der Waals surface area contributed by atoms with E-state index < -0.39 is 6.04 Å². The van der Waals surface area contributed by atoms with Gasteiger partial charge in [-0.05, 0) is 54.1 Å². The maximum Gasteiger partial charge on any atom is 0.246 e. The zero-order valence-electron chi connectivity index (χ0n) is 14.4. The smallest absolute Gasteiger partial charge is 0.246 e. The molecule has 1 aromatic heterocycles. The Hall–Kier alpha value is -2.74. The van der Waals surface area contributed by atoms with Crippen LogP contribution in [0.4, 0.5) is 0 Å². The standard InChI is InChI=1S/C18H18BrN5O2/c1-12(18(25)20-11-13-3-9-16(26-2)10-4-13)24-22-17(21-23-24)14-5-7-15(19)8-6-14/h3-10,12H,11H2,1-2H3,(H,20,25). The van der Waals surface area contributed by atoms with Gasteiger partial charge in [0.2, 0.25) is 11.7 Å². The van der Waals surface area contributed by atoms with Crippen LogP contribution in [0.1, 0.15) is 18.5 Å². The molecule has 0 aliphatic carbocycles. The molecule has 1 atom stereocenters. The maximum absolute atomic E-state index is 12.4. The first-order valence-corrected chi connectivity index (χ1v) is 8.82. The second-order valence-electron chi connectivity index (χ2n) is 5.68. The van der Waals surface area contributed by atoms with Gasteiger partial charge in [0.1, 0.15) is 11.8 Å². The van der Waals surface area contributed by atoms with E-state index in [0.717, 1.165) is 21.3 Å². The highest BCUT2D eigenvalue weighted by Crippen LogP contribution is 2.18. The number of carbonyl (C=O) groups excluding carboxylic acids is 1. The van der Waals surface area contributed by atoms with E-state index in [1.807, 2.05) is 48.5 Å². The number of amides is 1. The predicted molar refractivity (Wildman–Crippen MR) is 101 cm³/mol. The van der Waals surface area contributed by atoms with E-state index in [-0.39, 0.29) is 5.91 Å². The lowest BCUT2D eigenvalue weighted by Gasteiger charge is -2.11. The topological polar surface area (TPSA) is 81.9 Å². The Morgan fingerprint density at radius 2 is 1.88 bits per heavy atom. The normalized spacial score (nSPS) is 11.8. The van der Waals surface area contributed by atoms with Crippen molar-refractivity contribution in [1.29, 1.82) is 0 Å². The molecule has 1 amide bonds. The lowest BCUT2D eigenvalue weighted by Crippen LogP contribution is -2.31. The predicted octanol–water partition coefficient (Wildman–Crippen LogP) is 2.99. The van der Waals surface area contributed by atoms with Crippen LogP contribution in [0.25, 0.3) is 11.4 Å². The van der Waals surface area contributed by atoms with Crippen molar-refractivity contribution >= 4 is 21.8 Å². The number of benzene rings is 2. The molecular formula is C18H18BrN5O2. The Bertz CT molecular complexity index is 877. The Balaban J connectivity index is 1.62. The highest BCUT2D eigenvalue weighted by molar-refractivity contribution is 9.10. The summed E-state index contributed by atoms with van der Waals surface area (Å²) in [6.07, 6.45) is 0. The summed E-state index contributed by atoms with van der Waals surface area (Å²) < 4.78 is 6.09. The quantitative estimate of drug-likeness (QED) is 0.668. The molecule has 1 unspecified atom stereocenters. The molecule has 1 N–H and O–H groups in total. The molecular weight excluding hydrogens is 398 g/mol. The molecule has 0 radical (unpaired) electrons. The zero-order chi connectivity index (χ0) is 18.5. The van der Waals surface area contributed by atoms with Gasteiger partial charge in [-0.25, -0.2) is 0 Å². The highest BCUT2D eigenvalue weighted by atomic mass is 79.9. The first-order valence-electron chi connectivity index (χ1n) is 8.03. The van der Waals surface area contributed by atoms with Gasteiger partial charge in [0, 0.05) is 16.6 Å². The average molecular weight is 416 g/mol. The van der Waals surface area contributed by atoms with Crippen LogP contribution < -0.4 is 10.1 Å². The minimum atomic E-state index is -0.565. The van der Waals surface area contributed by atoms with Crippen molar-refractivity contribution in [1.82, 2.24) is 25.5 Å². The number of aromatic nitrogens is 4. The molecule has 0 aliphatic heterocycles. The first-order chi connectivity index (χ1) is 12.6. The van der Waals surface area contributed by atoms with Gasteiger partial charge in [-0.1, -0.05) is 28.1 Å². The average Bonchev–Trinajstić information content (AvgIpc) is 3.16. The van der Waals surface area contributed by atoms with Crippen molar-refractivity contribution in [3.05, 3.63) is 58.6 Å². The van der Waals surface area contributed by atoms with Crippen molar-refractivity contribution in [3.63, 3.8) is 0 Å². The molecule has 8 heteroatoms. The van der Waals surface area contributed by atoms with Gasteiger partial charge in [-0.15, -0.1) is 10.2 Å². The molecule has 0 aliphatic rings. The number of nitrogens with one attached hydrogen (secondary N) is 1. The van der Waals surface area contributed by atoms with Crippen molar-refractivity contribution in [2.45, 2.75) is 19.5 Å². The van der Waals surface area contributed by atoms with Crippen LogP contribution >= 0.6 is 15.9 Å². The summed E-state index contributed by atoms with van der Waals surface area (Å²) >= 11 is 3.39. The van der Waals surface area contributed by atoms with Crippen LogP contribution in [-0.4, -0.2) is 33.2 Å². The number of hydrogen-bond donors (Lipinski definition) is 1. The second kappa shape index (κ2) is 8.09. The van der Waals surface area contributed by atoms with Gasteiger partial charge in [-0.3, -0.25) is 4.79 Å². The largest absolute Gasteiger partial charge is 0.497 e. The number of halogens is 1. The summed E-state index contributed by atoms with van der Waals surface area (Å²) in [5.41, 5.74) is 1.82. The number of rotatable bonds is 6. The van der Waals surface area contributed by atoms with Gasteiger partial charge in [0.25, 0.3) is 0 Å². The number of ether oxygens (including phenoxy) is 1. The number of methoxy groups -OCH3 is 1. The van der Waals surface area contributed by atoms with Crippen molar-refractivity contribution in [3.8, 4) is 17.1 Å². The molecule has 0 bridgehead atoms. The highest BCUT2D eigenvalue weighted by Gasteiger charge is 2.18. The van der Waals surface area contributed by atoms with E-state index in [4.69, 9.17) is 4.74 Å². The van der Waals surface area contributed by atoms with Crippen LogP contribution in [0.5, 0.6) is 5.75 Å². The fraction of sp³-hybridized carbons (Fsp3) is 0.222. The molecule has 0 saturated carbocycles. The fourth-order valence-electron chi connectivity index (χ4n) is 2.29. The molecule has 0 fully saturated rings. The second-order valence-corrected chi connectivity index (χ2v) is 6.60. The number of hydrogen-bond acceptors (Lipinski definition) is 5. The fourth-order valence-corrected chi connectivity index (χ4v) is 2.55. The van der Waals surface area contributed by atoms with Gasteiger partial charge in [0.05, 0.1) is 7.11 Å². The lowest BCUT2D eigenvalue weighted by atomic mass is 10.2. The van der Waals surface area contributed by atoms with Crippen LogP contribution in [0.3, 0.4) is 0 Å². The Kier molecular flexibility index (Phi) is 5.62. The summed E-state index contributed by atoms with van der Waals surface area (Å²) in [6, 6.07) is 14.5. The van der Waals surface area contributed by atoms with Crippen LogP contribution in [0.15, 0.2) is 53.0 Å². The summed E-state index contributed by atoms with van der Waals surface area (Å²) in [5, 5.41) is 15.2. The van der Waals surface area contributed by atoms with Crippen molar-refractivity contribution in [2.24, 2.45) is 0 Å². The van der Waals surface area contributed by atoms with E-state index in [2.05, 4.69) is 36.7 Å². The van der Waals surface area contributed by atoms with Crippen LogP contribution in [0.2, 0.25) is 0 Å². The monoisotopic (exact) mass is 415 g/mol. The summed E-state index contributed by atoms with van der Waals surface area (Å²) in [5.74, 6) is 1.08. The third kappa shape index (κ3) is 4.26. The molecule has 3 aromatic rings. The molecule has 7 nitrogen and oxygen atoms in total. The summed E-state index contributed by atoms with van der Waals surface area (Å²) in [4.78, 5) is 13.7. The van der Waals surface area contributed by atoms with E-state index in [9.17, 15) is 4.79 Å². The van der Waals surface area contributed by atoms with Crippen LogP contribution in [-0.2, 0) is 11.3 Å².